The Hall–Kier alpha value is -2.20. The average molecular weight is 489 g/mol. The molecule has 1 saturated carbocycles. The van der Waals surface area contributed by atoms with E-state index in [0.717, 1.165) is 30.6 Å². The second-order valence-electron chi connectivity index (χ2n) is 8.74. The van der Waals surface area contributed by atoms with E-state index in [1.54, 1.807) is 30.6 Å². The second-order valence-corrected chi connectivity index (χ2v) is 10.4. The topological polar surface area (TPSA) is 101 Å². The minimum atomic E-state index is -0.356. The van der Waals surface area contributed by atoms with Crippen LogP contribution in [0.3, 0.4) is 0 Å². The van der Waals surface area contributed by atoms with Gasteiger partial charge in [-0.3, -0.25) is 19.3 Å². The normalized spacial score (nSPS) is 29.7. The number of hydrogen-bond donors (Lipinski definition) is 1. The van der Waals surface area contributed by atoms with Crippen LogP contribution in [0.4, 0.5) is 0 Å². The number of Topliss-reactive ketones (excluding diaryl/α,β-unsaturated/α-hetero) is 2. The number of thiophene rings is 1. The van der Waals surface area contributed by atoms with Crippen molar-refractivity contribution in [2.45, 2.75) is 49.2 Å². The monoisotopic (exact) mass is 488 g/mol. The van der Waals surface area contributed by atoms with E-state index in [9.17, 15) is 14.4 Å². The zero-order valence-electron chi connectivity index (χ0n) is 18.0. The molecular weight excluding hydrogens is 464 g/mol. The molecule has 1 amide bonds. The number of amides is 1. The van der Waals surface area contributed by atoms with Crippen LogP contribution in [0, 0.1) is 5.92 Å². The fourth-order valence-corrected chi connectivity index (χ4v) is 6.49. The van der Waals surface area contributed by atoms with Crippen molar-refractivity contribution in [1.29, 1.82) is 0 Å². The predicted octanol–water partition coefficient (Wildman–Crippen LogP) is 2.32. The second kappa shape index (κ2) is 9.58. The summed E-state index contributed by atoms with van der Waals surface area (Å²) in [4.78, 5) is 50.1. The van der Waals surface area contributed by atoms with Crippen molar-refractivity contribution in [2.75, 3.05) is 19.7 Å². The Morgan fingerprint density at radius 2 is 2.00 bits per heavy atom. The van der Waals surface area contributed by atoms with Crippen LogP contribution < -0.4 is 5.32 Å². The lowest BCUT2D eigenvalue weighted by Crippen LogP contribution is -2.52. The summed E-state index contributed by atoms with van der Waals surface area (Å²) in [6.45, 7) is 0.599. The first kappa shape index (κ1) is 22.6. The molecule has 0 radical (unpaired) electrons. The zero-order valence-corrected chi connectivity index (χ0v) is 19.6. The first-order chi connectivity index (χ1) is 16.0. The molecule has 2 aromatic rings. The predicted molar refractivity (Wildman–Crippen MR) is 123 cm³/mol. The number of nitrogens with zero attached hydrogens (tertiary/aromatic N) is 3. The maximum absolute atomic E-state index is 13.2. The molecule has 174 valence electrons. The number of likely N-dealkylation sites (tertiary alicyclic amines) is 1. The molecule has 0 aromatic carbocycles. The van der Waals surface area contributed by atoms with Gasteiger partial charge in [0.2, 0.25) is 0 Å². The number of carbonyl (C=O) groups excluding carboxylic acids is 3. The Morgan fingerprint density at radius 1 is 1.21 bits per heavy atom. The molecule has 3 aliphatic rings. The smallest absolute Gasteiger partial charge is 0.261 e. The fourth-order valence-electron chi connectivity index (χ4n) is 5.25. The molecular formula is C23H25ClN4O4S. The van der Waals surface area contributed by atoms with E-state index in [1.165, 1.54) is 11.3 Å². The largest absolute Gasteiger partial charge is 0.367 e. The van der Waals surface area contributed by atoms with E-state index < -0.39 is 0 Å². The number of hydrogen-bond acceptors (Lipinski definition) is 8. The first-order valence-corrected chi connectivity index (χ1v) is 12.5. The van der Waals surface area contributed by atoms with E-state index in [2.05, 4.69) is 20.2 Å². The van der Waals surface area contributed by atoms with Gasteiger partial charge >= 0.3 is 0 Å². The van der Waals surface area contributed by atoms with Crippen LogP contribution in [0.25, 0.3) is 10.7 Å². The number of rotatable bonds is 6. The molecule has 5 rings (SSSR count). The molecule has 8 nitrogen and oxygen atoms in total. The average Bonchev–Trinajstić information content (AvgIpc) is 3.56. The van der Waals surface area contributed by atoms with E-state index >= 15 is 0 Å². The Labute approximate surface area is 200 Å². The minimum absolute atomic E-state index is 0.00263. The van der Waals surface area contributed by atoms with Crippen LogP contribution in [0.1, 0.15) is 35.4 Å². The number of carbonyl (C=O) groups is 3. The lowest BCUT2D eigenvalue weighted by atomic mass is 9.80. The number of alkyl halides is 1. The molecule has 1 N–H and O–H groups in total. The van der Waals surface area contributed by atoms with E-state index in [-0.39, 0.29) is 60.1 Å². The van der Waals surface area contributed by atoms with E-state index in [4.69, 9.17) is 16.3 Å². The summed E-state index contributed by atoms with van der Waals surface area (Å²) in [6, 6.07) is 4.86. The van der Waals surface area contributed by atoms with Gasteiger partial charge in [0.05, 0.1) is 33.8 Å². The molecule has 4 heterocycles. The van der Waals surface area contributed by atoms with Gasteiger partial charge in [0, 0.05) is 30.9 Å². The summed E-state index contributed by atoms with van der Waals surface area (Å²) in [6.07, 6.45) is 6.58. The van der Waals surface area contributed by atoms with Crippen LogP contribution in [0.5, 0.6) is 0 Å². The Bertz CT molecular complexity index is 1050. The highest BCUT2D eigenvalue weighted by Gasteiger charge is 2.53. The molecule has 3 fully saturated rings. The molecule has 2 aliphatic heterocycles. The fraction of sp³-hybridized carbons (Fsp3) is 0.522. The third-order valence-corrected chi connectivity index (χ3v) is 8.23. The highest BCUT2D eigenvalue weighted by atomic mass is 35.5. The van der Waals surface area contributed by atoms with Crippen molar-refractivity contribution in [2.24, 2.45) is 5.92 Å². The number of aromatic nitrogens is 2. The summed E-state index contributed by atoms with van der Waals surface area (Å²) in [5.74, 6) is 0.0897. The van der Waals surface area contributed by atoms with Crippen LogP contribution in [0.15, 0.2) is 30.6 Å². The zero-order chi connectivity index (χ0) is 22.9. The summed E-state index contributed by atoms with van der Waals surface area (Å²) < 4.78 is 5.61. The van der Waals surface area contributed by atoms with Crippen LogP contribution >= 0.6 is 22.9 Å². The van der Waals surface area contributed by atoms with Crippen molar-refractivity contribution >= 4 is 40.4 Å². The van der Waals surface area contributed by atoms with Crippen LogP contribution in [-0.4, -0.2) is 75.6 Å². The molecule has 5 atom stereocenters. The van der Waals surface area contributed by atoms with Gasteiger partial charge in [0.1, 0.15) is 6.61 Å². The Kier molecular flexibility index (Phi) is 6.56. The Balaban J connectivity index is 1.23. The van der Waals surface area contributed by atoms with E-state index in [0.29, 0.717) is 17.2 Å². The SMILES string of the molecule is O=C(NCC(=O)C1CCCCC1N1C[C@H](Cl)[C@H]2OCC(=O)[C@H]21)c1ccc(-c2ncccn2)s1. The van der Waals surface area contributed by atoms with Crippen molar-refractivity contribution in [3.05, 3.63) is 35.5 Å². The molecule has 10 heteroatoms. The maximum Gasteiger partial charge on any atom is 0.261 e. The van der Waals surface area contributed by atoms with Gasteiger partial charge in [-0.05, 0) is 31.0 Å². The summed E-state index contributed by atoms with van der Waals surface area (Å²) in [5.41, 5.74) is 0. The highest BCUT2D eigenvalue weighted by Crippen LogP contribution is 2.38. The standard InChI is InChI=1S/C23H25ClN4O4S/c24-14-11-28(20-17(30)12-32-21(14)20)15-5-2-1-4-13(15)16(29)10-27-23(31)19-7-6-18(33-19)22-25-8-3-9-26-22/h3,6-9,13-15,20-21H,1-2,4-5,10-12H2,(H,27,31)/t13?,14-,15?,20+,21+/m0/s1. The molecule has 0 bridgehead atoms. The van der Waals surface area contributed by atoms with Crippen LogP contribution in [-0.2, 0) is 14.3 Å². The molecule has 2 aromatic heterocycles. The van der Waals surface area contributed by atoms with Gasteiger partial charge in [-0.2, -0.15) is 0 Å². The third kappa shape index (κ3) is 4.47. The van der Waals surface area contributed by atoms with Crippen molar-refractivity contribution < 1.29 is 19.1 Å². The minimum Gasteiger partial charge on any atom is -0.367 e. The first-order valence-electron chi connectivity index (χ1n) is 11.2. The number of fused-ring (bicyclic) bond motifs is 1. The highest BCUT2D eigenvalue weighted by molar-refractivity contribution is 7.17. The number of nitrogens with one attached hydrogen (secondary N) is 1. The van der Waals surface area contributed by atoms with Crippen molar-refractivity contribution in [1.82, 2.24) is 20.2 Å². The quantitative estimate of drug-likeness (QED) is 0.622. The lowest BCUT2D eigenvalue weighted by Gasteiger charge is -2.39. The van der Waals surface area contributed by atoms with Gasteiger partial charge in [-0.1, -0.05) is 12.8 Å². The van der Waals surface area contributed by atoms with Crippen molar-refractivity contribution in [3.63, 3.8) is 0 Å². The van der Waals surface area contributed by atoms with E-state index in [1.807, 2.05) is 0 Å². The summed E-state index contributed by atoms with van der Waals surface area (Å²) in [5, 5.41) is 2.53. The van der Waals surface area contributed by atoms with Gasteiger partial charge in [-0.25, -0.2) is 9.97 Å². The molecule has 0 spiro atoms. The van der Waals surface area contributed by atoms with Gasteiger partial charge in [0.15, 0.2) is 17.4 Å². The van der Waals surface area contributed by atoms with Crippen LogP contribution in [0.2, 0.25) is 0 Å². The third-order valence-electron chi connectivity index (χ3n) is 6.77. The lowest BCUT2D eigenvalue weighted by molar-refractivity contribution is -0.128. The summed E-state index contributed by atoms with van der Waals surface area (Å²) in [7, 11) is 0. The molecule has 2 saturated heterocycles. The number of halogens is 1. The molecule has 2 unspecified atom stereocenters. The number of ether oxygens (including phenoxy) is 1. The molecule has 33 heavy (non-hydrogen) atoms. The van der Waals surface area contributed by atoms with Gasteiger partial charge < -0.3 is 10.1 Å². The van der Waals surface area contributed by atoms with Gasteiger partial charge in [-0.15, -0.1) is 22.9 Å². The van der Waals surface area contributed by atoms with Gasteiger partial charge in [0.25, 0.3) is 5.91 Å². The summed E-state index contributed by atoms with van der Waals surface area (Å²) >= 11 is 7.76. The maximum atomic E-state index is 13.2. The molecule has 1 aliphatic carbocycles. The Morgan fingerprint density at radius 3 is 2.82 bits per heavy atom. The number of ketones is 2. The van der Waals surface area contributed by atoms with Crippen molar-refractivity contribution in [3.8, 4) is 10.7 Å².